The van der Waals surface area contributed by atoms with E-state index in [1.54, 1.807) is 12.3 Å². The van der Waals surface area contributed by atoms with Crippen LogP contribution in [0.5, 0.6) is 0 Å². The number of carbonyl (C=O) groups is 1. The van der Waals surface area contributed by atoms with E-state index < -0.39 is 0 Å². The van der Waals surface area contributed by atoms with E-state index in [0.29, 0.717) is 22.5 Å². The van der Waals surface area contributed by atoms with Gasteiger partial charge in [-0.3, -0.25) is 9.78 Å². The molecule has 1 aromatic heterocycles. The highest BCUT2D eigenvalue weighted by Crippen LogP contribution is 2.27. The zero-order valence-corrected chi connectivity index (χ0v) is 11.9. The minimum Gasteiger partial charge on any atom is -0.335 e. The van der Waals surface area contributed by atoms with Crippen molar-refractivity contribution in [1.82, 2.24) is 9.88 Å². The van der Waals surface area contributed by atoms with Gasteiger partial charge in [-0.2, -0.15) is 0 Å². The fourth-order valence-corrected chi connectivity index (χ4v) is 2.86. The minimum atomic E-state index is 0.0173. The third kappa shape index (κ3) is 2.51. The highest BCUT2D eigenvalue weighted by Gasteiger charge is 2.32. The lowest BCUT2D eigenvalue weighted by atomic mass is 10.0. The fraction of sp³-hybridized carbons (Fsp3) is 0.571. The van der Waals surface area contributed by atoms with Gasteiger partial charge in [0, 0.05) is 24.5 Å². The second kappa shape index (κ2) is 5.27. The summed E-state index contributed by atoms with van der Waals surface area (Å²) in [5.41, 5.74) is 1.35. The average Bonchev–Trinajstić information content (AvgIpc) is 2.77. The van der Waals surface area contributed by atoms with E-state index in [2.05, 4.69) is 18.8 Å². The van der Waals surface area contributed by atoms with Crippen LogP contribution in [0.2, 0.25) is 5.02 Å². The first kappa shape index (κ1) is 13.3. The van der Waals surface area contributed by atoms with Gasteiger partial charge in [-0.05, 0) is 31.7 Å². The van der Waals surface area contributed by atoms with Crippen LogP contribution >= 0.6 is 11.6 Å². The van der Waals surface area contributed by atoms with Crippen molar-refractivity contribution < 1.29 is 4.79 Å². The highest BCUT2D eigenvalue weighted by atomic mass is 35.5. The largest absolute Gasteiger partial charge is 0.335 e. The molecule has 18 heavy (non-hydrogen) atoms. The van der Waals surface area contributed by atoms with E-state index in [0.717, 1.165) is 25.1 Å². The number of carbonyl (C=O) groups excluding carboxylic acids is 1. The van der Waals surface area contributed by atoms with E-state index in [9.17, 15) is 4.79 Å². The number of aryl methyl sites for hydroxylation is 1. The molecule has 98 valence electrons. The molecule has 1 amide bonds. The number of likely N-dealkylation sites (tertiary alicyclic amines) is 1. The Morgan fingerprint density at radius 1 is 1.56 bits per heavy atom. The van der Waals surface area contributed by atoms with Crippen molar-refractivity contribution >= 4 is 17.5 Å². The first-order valence-corrected chi connectivity index (χ1v) is 6.81. The number of halogens is 1. The Morgan fingerprint density at radius 2 is 2.28 bits per heavy atom. The molecule has 2 heterocycles. The lowest BCUT2D eigenvalue weighted by Crippen LogP contribution is -2.38. The van der Waals surface area contributed by atoms with Crippen molar-refractivity contribution in [1.29, 1.82) is 0 Å². The first-order chi connectivity index (χ1) is 8.50. The van der Waals surface area contributed by atoms with Crippen molar-refractivity contribution in [3.8, 4) is 0 Å². The SMILES string of the molecule is Cc1cc(Cl)c(C(=O)N2CCCC2C(C)C)cn1. The average molecular weight is 267 g/mol. The van der Waals surface area contributed by atoms with Crippen LogP contribution < -0.4 is 0 Å². The Morgan fingerprint density at radius 3 is 2.89 bits per heavy atom. The lowest BCUT2D eigenvalue weighted by Gasteiger charge is -2.28. The summed E-state index contributed by atoms with van der Waals surface area (Å²) in [6.07, 6.45) is 3.75. The lowest BCUT2D eigenvalue weighted by molar-refractivity contribution is 0.0701. The van der Waals surface area contributed by atoms with E-state index in [1.807, 2.05) is 11.8 Å². The molecular formula is C14H19ClN2O. The Balaban J connectivity index is 2.25. The molecule has 1 unspecified atom stereocenters. The molecule has 0 saturated carbocycles. The molecule has 4 heteroatoms. The smallest absolute Gasteiger partial charge is 0.257 e. The number of rotatable bonds is 2. The van der Waals surface area contributed by atoms with Crippen LogP contribution in [0, 0.1) is 12.8 Å². The number of pyridine rings is 1. The molecule has 1 aliphatic heterocycles. The molecular weight excluding hydrogens is 248 g/mol. The number of aromatic nitrogens is 1. The Hall–Kier alpha value is -1.09. The van der Waals surface area contributed by atoms with E-state index >= 15 is 0 Å². The monoisotopic (exact) mass is 266 g/mol. The Bertz CT molecular complexity index is 459. The van der Waals surface area contributed by atoms with Gasteiger partial charge in [0.1, 0.15) is 0 Å². The summed E-state index contributed by atoms with van der Waals surface area (Å²) in [7, 11) is 0. The van der Waals surface area contributed by atoms with Crippen molar-refractivity contribution in [2.45, 2.75) is 39.7 Å². The van der Waals surface area contributed by atoms with E-state index in [1.165, 1.54) is 0 Å². The van der Waals surface area contributed by atoms with Crippen LogP contribution in [-0.2, 0) is 0 Å². The zero-order chi connectivity index (χ0) is 13.3. The molecule has 0 bridgehead atoms. The highest BCUT2D eigenvalue weighted by molar-refractivity contribution is 6.33. The second-order valence-corrected chi connectivity index (χ2v) is 5.66. The van der Waals surface area contributed by atoms with Crippen molar-refractivity contribution in [2.75, 3.05) is 6.54 Å². The van der Waals surface area contributed by atoms with Crippen molar-refractivity contribution in [2.24, 2.45) is 5.92 Å². The number of hydrogen-bond acceptors (Lipinski definition) is 2. The van der Waals surface area contributed by atoms with Crippen LogP contribution in [0.1, 0.15) is 42.7 Å². The molecule has 1 saturated heterocycles. The standard InChI is InChI=1S/C14H19ClN2O/c1-9(2)13-5-4-6-17(13)14(18)11-8-16-10(3)7-12(11)15/h7-9,13H,4-6H2,1-3H3. The maximum atomic E-state index is 12.5. The summed E-state index contributed by atoms with van der Waals surface area (Å²) in [6.45, 7) is 7.01. The summed E-state index contributed by atoms with van der Waals surface area (Å²) in [5, 5.41) is 0.502. The van der Waals surface area contributed by atoms with Gasteiger partial charge < -0.3 is 4.90 Å². The predicted molar refractivity (Wildman–Crippen MR) is 72.9 cm³/mol. The van der Waals surface area contributed by atoms with Crippen molar-refractivity contribution in [3.05, 3.63) is 28.5 Å². The molecule has 3 nitrogen and oxygen atoms in total. The van der Waals surface area contributed by atoms with Gasteiger partial charge in [0.25, 0.3) is 5.91 Å². The molecule has 0 aromatic carbocycles. The first-order valence-electron chi connectivity index (χ1n) is 6.44. The quantitative estimate of drug-likeness (QED) is 0.823. The maximum absolute atomic E-state index is 12.5. The van der Waals surface area contributed by atoms with Crippen LogP contribution in [-0.4, -0.2) is 28.4 Å². The number of hydrogen-bond donors (Lipinski definition) is 0. The zero-order valence-electron chi connectivity index (χ0n) is 11.1. The Kier molecular flexibility index (Phi) is 3.91. The molecule has 1 fully saturated rings. The van der Waals surface area contributed by atoms with Crippen LogP contribution in [0.3, 0.4) is 0 Å². The normalized spacial score (nSPS) is 19.6. The van der Waals surface area contributed by atoms with Crippen molar-refractivity contribution in [3.63, 3.8) is 0 Å². The molecule has 0 N–H and O–H groups in total. The van der Waals surface area contributed by atoms with Gasteiger partial charge >= 0.3 is 0 Å². The molecule has 1 atom stereocenters. The third-order valence-electron chi connectivity index (χ3n) is 3.55. The summed E-state index contributed by atoms with van der Waals surface area (Å²) in [4.78, 5) is 18.6. The molecule has 1 aromatic rings. The van der Waals surface area contributed by atoms with E-state index in [-0.39, 0.29) is 5.91 Å². The van der Waals surface area contributed by atoms with Crippen LogP contribution in [0.4, 0.5) is 0 Å². The fourth-order valence-electron chi connectivity index (χ4n) is 2.58. The summed E-state index contributed by atoms with van der Waals surface area (Å²) in [5.74, 6) is 0.498. The summed E-state index contributed by atoms with van der Waals surface area (Å²) in [6, 6.07) is 2.07. The molecule has 0 radical (unpaired) electrons. The molecule has 2 rings (SSSR count). The van der Waals surface area contributed by atoms with Crippen LogP contribution in [0.25, 0.3) is 0 Å². The maximum Gasteiger partial charge on any atom is 0.257 e. The topological polar surface area (TPSA) is 33.2 Å². The van der Waals surface area contributed by atoms with Gasteiger partial charge in [0.05, 0.1) is 10.6 Å². The van der Waals surface area contributed by atoms with Gasteiger partial charge in [0.15, 0.2) is 0 Å². The van der Waals surface area contributed by atoms with Gasteiger partial charge in [-0.25, -0.2) is 0 Å². The molecule has 0 aliphatic carbocycles. The Labute approximate surface area is 113 Å². The van der Waals surface area contributed by atoms with Gasteiger partial charge in [-0.1, -0.05) is 25.4 Å². The number of amides is 1. The summed E-state index contributed by atoms with van der Waals surface area (Å²) < 4.78 is 0. The minimum absolute atomic E-state index is 0.0173. The second-order valence-electron chi connectivity index (χ2n) is 5.26. The number of nitrogens with zero attached hydrogens (tertiary/aromatic N) is 2. The van der Waals surface area contributed by atoms with E-state index in [4.69, 9.17) is 11.6 Å². The van der Waals surface area contributed by atoms with Gasteiger partial charge in [0.2, 0.25) is 0 Å². The predicted octanol–water partition coefficient (Wildman–Crippen LogP) is 3.30. The third-order valence-corrected chi connectivity index (χ3v) is 3.86. The van der Waals surface area contributed by atoms with Gasteiger partial charge in [-0.15, -0.1) is 0 Å². The summed E-state index contributed by atoms with van der Waals surface area (Å²) >= 11 is 6.14. The van der Waals surface area contributed by atoms with Crippen LogP contribution in [0.15, 0.2) is 12.3 Å². The molecule has 1 aliphatic rings. The molecule has 0 spiro atoms.